The summed E-state index contributed by atoms with van der Waals surface area (Å²) in [5.74, 6) is 1.51. The number of nitrogens with one attached hydrogen (secondary N) is 1. The first-order valence-electron chi connectivity index (χ1n) is 12.8. The molecule has 1 aromatic carbocycles. The molecule has 35 heavy (non-hydrogen) atoms. The van der Waals surface area contributed by atoms with Gasteiger partial charge in [0.1, 0.15) is 0 Å². The zero-order valence-electron chi connectivity index (χ0n) is 20.0. The van der Waals surface area contributed by atoms with Crippen LogP contribution < -0.4 is 11.1 Å². The molecular formula is C27H34Br2N4O2. The number of halogens is 2. The average Bonchev–Trinajstić information content (AvgIpc) is 3.02. The summed E-state index contributed by atoms with van der Waals surface area (Å²) < 4.78 is 2.30. The summed E-state index contributed by atoms with van der Waals surface area (Å²) in [6.07, 6.45) is 13.0. The Hall–Kier alpha value is -1.80. The minimum atomic E-state index is -0.350. The molecule has 0 bridgehead atoms. The summed E-state index contributed by atoms with van der Waals surface area (Å²) in [6, 6.07) is 4.43. The Labute approximate surface area is 224 Å². The highest BCUT2D eigenvalue weighted by atomic mass is 79.9. The van der Waals surface area contributed by atoms with Crippen molar-refractivity contribution in [3.8, 4) is 0 Å². The van der Waals surface area contributed by atoms with Crippen LogP contribution in [0.15, 0.2) is 45.0 Å². The number of carbonyl (C=O) groups is 2. The van der Waals surface area contributed by atoms with Crippen LogP contribution in [0.2, 0.25) is 0 Å². The Bertz CT molecular complexity index is 1040. The molecule has 3 heterocycles. The van der Waals surface area contributed by atoms with Gasteiger partial charge in [0, 0.05) is 47.5 Å². The van der Waals surface area contributed by atoms with Crippen LogP contribution in [-0.4, -0.2) is 54.0 Å². The maximum Gasteiger partial charge on any atom is 0.314 e. The fraction of sp³-hybridized carbons (Fsp3) is 0.556. The lowest BCUT2D eigenvalue weighted by atomic mass is 9.73. The number of aryl methyl sites for hydroxylation is 1. The molecular weight excluding hydrogens is 572 g/mol. The first-order valence-corrected chi connectivity index (χ1v) is 14.4. The van der Waals surface area contributed by atoms with Gasteiger partial charge < -0.3 is 20.9 Å². The molecule has 2 fully saturated rings. The standard InChI is InChI=1S/C27H34Br2N4O2/c28-21-15-20-4-3-19-2-1-9-31-26(19)25(24(20)22(29)16-21)18-7-12-32(13-8-18)23(34)14-17-5-10-33(11-6-17)27(30)35/h1-2,9,15-18,25-26,31H,3-8,10-14H2,(H2,30,35). The molecule has 0 spiro atoms. The number of carbonyl (C=O) groups excluding carboxylic acids is 2. The number of allylic oxidation sites excluding steroid dienone is 2. The van der Waals surface area contributed by atoms with Gasteiger partial charge in [-0.25, -0.2) is 4.79 Å². The molecule has 8 heteroatoms. The highest BCUT2D eigenvalue weighted by molar-refractivity contribution is 9.11. The Kier molecular flexibility index (Phi) is 7.58. The summed E-state index contributed by atoms with van der Waals surface area (Å²) >= 11 is 7.59. The molecule has 2 unspecified atom stereocenters. The maximum atomic E-state index is 13.1. The molecule has 3 amide bonds. The highest BCUT2D eigenvalue weighted by Gasteiger charge is 2.39. The molecule has 4 aliphatic rings. The van der Waals surface area contributed by atoms with E-state index in [9.17, 15) is 9.59 Å². The predicted octanol–water partition coefficient (Wildman–Crippen LogP) is 5.07. The number of amides is 3. The molecule has 3 aliphatic heterocycles. The minimum Gasteiger partial charge on any atom is -0.384 e. The van der Waals surface area contributed by atoms with Gasteiger partial charge in [-0.3, -0.25) is 4.79 Å². The predicted molar refractivity (Wildman–Crippen MR) is 145 cm³/mol. The second-order valence-electron chi connectivity index (χ2n) is 10.4. The van der Waals surface area contributed by atoms with Gasteiger partial charge in [-0.15, -0.1) is 0 Å². The number of fused-ring (bicyclic) bond motifs is 2. The number of nitrogens with two attached hydrogens (primary N) is 1. The first kappa shape index (κ1) is 24.9. The summed E-state index contributed by atoms with van der Waals surface area (Å²) in [4.78, 5) is 28.3. The number of hydrogen-bond donors (Lipinski definition) is 2. The number of benzene rings is 1. The molecule has 2 saturated heterocycles. The van der Waals surface area contributed by atoms with E-state index in [0.717, 1.165) is 56.1 Å². The molecule has 1 aliphatic carbocycles. The van der Waals surface area contributed by atoms with Crippen molar-refractivity contribution >= 4 is 43.8 Å². The average molecular weight is 606 g/mol. The molecule has 188 valence electrons. The van der Waals surface area contributed by atoms with Crippen molar-refractivity contribution in [3.05, 3.63) is 56.1 Å². The highest BCUT2D eigenvalue weighted by Crippen LogP contribution is 2.46. The van der Waals surface area contributed by atoms with Gasteiger partial charge in [0.15, 0.2) is 0 Å². The molecule has 1 aromatic rings. The van der Waals surface area contributed by atoms with E-state index < -0.39 is 0 Å². The molecule has 6 nitrogen and oxygen atoms in total. The van der Waals surface area contributed by atoms with Crippen molar-refractivity contribution in [2.24, 2.45) is 17.6 Å². The molecule has 2 atom stereocenters. The van der Waals surface area contributed by atoms with Crippen molar-refractivity contribution in [2.75, 3.05) is 26.2 Å². The van der Waals surface area contributed by atoms with Crippen LogP contribution in [0.5, 0.6) is 0 Å². The topological polar surface area (TPSA) is 78.7 Å². The Morgan fingerprint density at radius 1 is 1.00 bits per heavy atom. The van der Waals surface area contributed by atoms with E-state index in [1.807, 2.05) is 0 Å². The number of rotatable bonds is 3. The lowest BCUT2D eigenvalue weighted by molar-refractivity contribution is -0.134. The Balaban J connectivity index is 1.27. The van der Waals surface area contributed by atoms with Crippen molar-refractivity contribution in [2.45, 2.75) is 56.9 Å². The van der Waals surface area contributed by atoms with Crippen LogP contribution >= 0.6 is 31.9 Å². The summed E-state index contributed by atoms with van der Waals surface area (Å²) in [7, 11) is 0. The molecule has 0 radical (unpaired) electrons. The van der Waals surface area contributed by atoms with Gasteiger partial charge in [0.05, 0.1) is 6.04 Å². The van der Waals surface area contributed by atoms with Gasteiger partial charge in [0.25, 0.3) is 0 Å². The van der Waals surface area contributed by atoms with E-state index in [2.05, 4.69) is 72.6 Å². The number of urea groups is 1. The van der Waals surface area contributed by atoms with E-state index >= 15 is 0 Å². The zero-order valence-corrected chi connectivity index (χ0v) is 23.2. The first-order chi connectivity index (χ1) is 16.9. The Morgan fingerprint density at radius 2 is 1.71 bits per heavy atom. The van der Waals surface area contributed by atoms with Crippen LogP contribution in [-0.2, 0) is 11.2 Å². The fourth-order valence-electron chi connectivity index (χ4n) is 6.53. The smallest absolute Gasteiger partial charge is 0.314 e. The quantitative estimate of drug-likeness (QED) is 0.505. The van der Waals surface area contributed by atoms with Crippen molar-refractivity contribution in [1.29, 1.82) is 0 Å². The van der Waals surface area contributed by atoms with E-state index in [-0.39, 0.29) is 11.9 Å². The lowest BCUT2D eigenvalue weighted by Gasteiger charge is -2.41. The van der Waals surface area contributed by atoms with Crippen molar-refractivity contribution in [1.82, 2.24) is 15.1 Å². The Morgan fingerprint density at radius 3 is 2.43 bits per heavy atom. The zero-order chi connectivity index (χ0) is 24.5. The molecule has 5 rings (SSSR count). The lowest BCUT2D eigenvalue weighted by Crippen LogP contribution is -2.45. The second kappa shape index (κ2) is 10.7. The third-order valence-electron chi connectivity index (χ3n) is 8.43. The second-order valence-corrected chi connectivity index (χ2v) is 12.2. The third-order valence-corrected chi connectivity index (χ3v) is 9.54. The van der Waals surface area contributed by atoms with Gasteiger partial charge in [-0.1, -0.05) is 37.9 Å². The molecule has 0 saturated carbocycles. The minimum absolute atomic E-state index is 0.270. The van der Waals surface area contributed by atoms with Crippen molar-refractivity contribution in [3.63, 3.8) is 0 Å². The number of hydrogen-bond acceptors (Lipinski definition) is 3. The van der Waals surface area contributed by atoms with E-state index in [0.29, 0.717) is 43.3 Å². The maximum absolute atomic E-state index is 13.1. The number of primary amides is 1. The monoisotopic (exact) mass is 604 g/mol. The number of piperidine rings is 2. The number of nitrogens with zero attached hydrogens (tertiary/aromatic N) is 2. The summed E-state index contributed by atoms with van der Waals surface area (Å²) in [5.41, 5.74) is 9.75. The third kappa shape index (κ3) is 5.33. The van der Waals surface area contributed by atoms with Gasteiger partial charge >= 0.3 is 6.03 Å². The fourth-order valence-corrected chi connectivity index (χ4v) is 8.11. The van der Waals surface area contributed by atoms with Crippen molar-refractivity contribution < 1.29 is 9.59 Å². The van der Waals surface area contributed by atoms with Crippen LogP contribution in [0, 0.1) is 11.8 Å². The normalized spacial score (nSPS) is 25.3. The van der Waals surface area contributed by atoms with Crippen LogP contribution in [0.1, 0.15) is 55.6 Å². The molecule has 3 N–H and O–H groups in total. The number of dihydropyridines is 1. The van der Waals surface area contributed by atoms with Crippen LogP contribution in [0.3, 0.4) is 0 Å². The summed E-state index contributed by atoms with van der Waals surface area (Å²) in [6.45, 7) is 2.98. The van der Waals surface area contributed by atoms with Gasteiger partial charge in [-0.2, -0.15) is 0 Å². The SMILES string of the molecule is NC(=O)N1CCC(CC(=O)N2CCC(C3c4c(Br)cc(Br)cc4CCC4=CC=CNC43)CC2)CC1. The van der Waals surface area contributed by atoms with Gasteiger partial charge in [0.2, 0.25) is 5.91 Å². The number of likely N-dealkylation sites (tertiary alicyclic amines) is 2. The van der Waals surface area contributed by atoms with E-state index in [4.69, 9.17) is 5.73 Å². The van der Waals surface area contributed by atoms with Crippen LogP contribution in [0.4, 0.5) is 4.79 Å². The summed E-state index contributed by atoms with van der Waals surface area (Å²) in [5, 5.41) is 3.69. The largest absolute Gasteiger partial charge is 0.384 e. The van der Waals surface area contributed by atoms with Crippen LogP contribution in [0.25, 0.3) is 0 Å². The van der Waals surface area contributed by atoms with E-state index in [1.165, 1.54) is 21.2 Å². The molecule has 0 aromatic heterocycles. The van der Waals surface area contributed by atoms with E-state index in [1.54, 1.807) is 4.90 Å². The van der Waals surface area contributed by atoms with Gasteiger partial charge in [-0.05, 0) is 91.5 Å².